The van der Waals surface area contributed by atoms with Gasteiger partial charge >= 0.3 is 11.6 Å². The summed E-state index contributed by atoms with van der Waals surface area (Å²) < 4.78 is 34.9. The van der Waals surface area contributed by atoms with Crippen LogP contribution in [0.5, 0.6) is 11.5 Å². The molecule has 4 aromatic heterocycles. The van der Waals surface area contributed by atoms with Crippen LogP contribution in [0, 0.1) is 11.6 Å². The van der Waals surface area contributed by atoms with Crippen molar-refractivity contribution in [3.05, 3.63) is 121 Å². The predicted molar refractivity (Wildman–Crippen MR) is 143 cm³/mol. The van der Waals surface area contributed by atoms with Crippen LogP contribution in [0.15, 0.2) is 104 Å². The van der Waals surface area contributed by atoms with Gasteiger partial charge in [-0.2, -0.15) is 0 Å². The third-order valence-electron chi connectivity index (χ3n) is 6.21. The third-order valence-corrected chi connectivity index (χ3v) is 6.21. The fraction of sp³-hybridized carbons (Fsp3) is 0. The zero-order valence-corrected chi connectivity index (χ0v) is 20.7. The van der Waals surface area contributed by atoms with E-state index in [4.69, 9.17) is 4.74 Å². The number of aromatic nitrogens is 4. The number of hydrogen-bond acceptors (Lipinski definition) is 5. The molecule has 0 spiro atoms. The quantitative estimate of drug-likeness (QED) is 0.175. The number of rotatable bonds is 6. The molecule has 4 heterocycles. The molecule has 196 valence electrons. The highest BCUT2D eigenvalue weighted by atomic mass is 19.1. The predicted octanol–water partition coefficient (Wildman–Crippen LogP) is 6.14. The fourth-order valence-corrected chi connectivity index (χ4v) is 4.26. The van der Waals surface area contributed by atoms with E-state index < -0.39 is 17.5 Å². The van der Waals surface area contributed by atoms with Gasteiger partial charge in [-0.15, -0.1) is 0 Å². The van der Waals surface area contributed by atoms with Gasteiger partial charge in [0, 0.05) is 58.5 Å². The number of pyridine rings is 3. The summed E-state index contributed by atoms with van der Waals surface area (Å²) in [6.45, 7) is 0. The minimum Gasteiger partial charge on any atom is -0.453 e. The highest BCUT2D eigenvalue weighted by Gasteiger charge is 2.25. The van der Waals surface area contributed by atoms with Gasteiger partial charge in [0.15, 0.2) is 11.6 Å². The molecule has 0 bridgehead atoms. The average molecular weight is 537 g/mol. The Morgan fingerprint density at radius 3 is 2.52 bits per heavy atom. The lowest BCUT2D eigenvalue weighted by molar-refractivity contribution is -0.897. The maximum atomic E-state index is 15.1. The van der Waals surface area contributed by atoms with E-state index in [1.165, 1.54) is 42.5 Å². The number of anilines is 1. The lowest BCUT2D eigenvalue weighted by Crippen LogP contribution is -2.41. The van der Waals surface area contributed by atoms with Crippen molar-refractivity contribution in [1.82, 2.24) is 15.0 Å². The Kier molecular flexibility index (Phi) is 6.33. The number of ether oxygens (including phenoxy) is 1. The summed E-state index contributed by atoms with van der Waals surface area (Å²) in [5, 5.41) is 13.9. The Balaban J connectivity index is 1.22. The number of benzene rings is 2. The van der Waals surface area contributed by atoms with E-state index in [2.05, 4.69) is 20.3 Å². The second kappa shape index (κ2) is 10.3. The van der Waals surface area contributed by atoms with Crippen LogP contribution in [0.4, 0.5) is 14.5 Å². The zero-order chi connectivity index (χ0) is 27.6. The van der Waals surface area contributed by atoms with Gasteiger partial charge in [0.05, 0.1) is 10.9 Å². The van der Waals surface area contributed by atoms with E-state index in [-0.39, 0.29) is 22.8 Å². The van der Waals surface area contributed by atoms with E-state index in [0.717, 1.165) is 17.3 Å². The average Bonchev–Trinajstić information content (AvgIpc) is 3.41. The number of amides is 1. The molecule has 6 rings (SSSR count). The monoisotopic (exact) mass is 536 g/mol. The molecule has 0 saturated heterocycles. The van der Waals surface area contributed by atoms with E-state index in [1.807, 2.05) is 18.2 Å². The van der Waals surface area contributed by atoms with Crippen LogP contribution in [0.2, 0.25) is 0 Å². The summed E-state index contributed by atoms with van der Waals surface area (Å²) in [7, 11) is 0. The van der Waals surface area contributed by atoms with Gasteiger partial charge < -0.3 is 15.0 Å². The molecule has 3 N–H and O–H groups in total. The van der Waals surface area contributed by atoms with E-state index in [9.17, 15) is 14.4 Å². The van der Waals surface area contributed by atoms with Crippen LogP contribution < -0.4 is 14.8 Å². The molecule has 40 heavy (non-hydrogen) atoms. The van der Waals surface area contributed by atoms with E-state index in [0.29, 0.717) is 27.1 Å². The fourth-order valence-electron chi connectivity index (χ4n) is 4.26. The molecule has 1 amide bonds. The van der Waals surface area contributed by atoms with Gasteiger partial charge in [-0.05, 0) is 66.7 Å². The van der Waals surface area contributed by atoms with Crippen molar-refractivity contribution in [2.24, 2.45) is 0 Å². The Hall–Kier alpha value is -5.64. The van der Waals surface area contributed by atoms with Crippen molar-refractivity contribution in [2.45, 2.75) is 0 Å². The van der Waals surface area contributed by atoms with Crippen molar-refractivity contribution >= 4 is 22.6 Å². The topological polar surface area (TPSA) is 104 Å². The molecule has 0 fully saturated rings. The van der Waals surface area contributed by atoms with Gasteiger partial charge in [0.25, 0.3) is 5.69 Å². The van der Waals surface area contributed by atoms with Crippen LogP contribution in [-0.2, 0) is 0 Å². The summed E-state index contributed by atoms with van der Waals surface area (Å²) in [6, 6.07) is 21.2. The van der Waals surface area contributed by atoms with Gasteiger partial charge in [0.1, 0.15) is 17.2 Å². The first-order chi connectivity index (χ1) is 19.5. The molecule has 0 saturated carbocycles. The molecule has 10 heteroatoms. The molecule has 2 aromatic carbocycles. The lowest BCUT2D eigenvalue weighted by Gasteiger charge is -2.10. The molecule has 6 aromatic rings. The first kappa shape index (κ1) is 24.7. The maximum Gasteiger partial charge on any atom is 0.325 e. The third kappa shape index (κ3) is 4.81. The number of hydrogen-bond donors (Lipinski definition) is 3. The number of halogens is 2. The largest absolute Gasteiger partial charge is 0.453 e. The smallest absolute Gasteiger partial charge is 0.325 e. The molecule has 8 nitrogen and oxygen atoms in total. The van der Waals surface area contributed by atoms with E-state index in [1.54, 1.807) is 36.8 Å². The molecule has 0 aliphatic carbocycles. The summed E-state index contributed by atoms with van der Waals surface area (Å²) in [4.78, 5) is 24.6. The molecule has 0 radical (unpaired) electrons. The van der Waals surface area contributed by atoms with Crippen molar-refractivity contribution < 1.29 is 28.2 Å². The number of aromatic amines is 1. The molecular formula is C30H20F2N5O3+. The standard InChI is InChI=1S/C30H19F2N5O3/c31-20-8-6-18(7-9-20)25-4-1-5-26(37(25)39)30(38)35-21-10-11-28(23(32)15-21)40-27-12-14-34-29-22(27)16-24(36-29)19-3-2-13-33-17-19/h1-17H,(H2-,34,35,36,38,39)/p+1. The molecular weight excluding hydrogens is 516 g/mol. The Morgan fingerprint density at radius 1 is 0.900 bits per heavy atom. The first-order valence-electron chi connectivity index (χ1n) is 12.1. The Labute approximate surface area is 226 Å². The second-order valence-electron chi connectivity index (χ2n) is 8.81. The van der Waals surface area contributed by atoms with Crippen molar-refractivity contribution in [2.75, 3.05) is 5.32 Å². The maximum absolute atomic E-state index is 15.1. The normalized spacial score (nSPS) is 10.9. The Morgan fingerprint density at radius 2 is 1.75 bits per heavy atom. The van der Waals surface area contributed by atoms with Gasteiger partial charge in [-0.3, -0.25) is 15.0 Å². The number of carbonyl (C=O) groups excluding carboxylic acids is 1. The number of nitrogens with zero attached hydrogens (tertiary/aromatic N) is 3. The van der Waals surface area contributed by atoms with Crippen LogP contribution in [-0.4, -0.2) is 26.1 Å². The summed E-state index contributed by atoms with van der Waals surface area (Å²) in [5.41, 5.74) is 3.07. The van der Waals surface area contributed by atoms with Gasteiger partial charge in [-0.25, -0.2) is 13.8 Å². The van der Waals surface area contributed by atoms with Crippen molar-refractivity contribution in [3.8, 4) is 34.0 Å². The van der Waals surface area contributed by atoms with Crippen LogP contribution in [0.1, 0.15) is 10.5 Å². The molecule has 0 aliphatic rings. The minimum absolute atomic E-state index is 0.0508. The van der Waals surface area contributed by atoms with Gasteiger partial charge in [0.2, 0.25) is 0 Å². The van der Waals surface area contributed by atoms with Crippen LogP contribution in [0.25, 0.3) is 33.5 Å². The number of carbonyl (C=O) groups is 1. The lowest BCUT2D eigenvalue weighted by atomic mass is 10.1. The summed E-state index contributed by atoms with van der Waals surface area (Å²) >= 11 is 0. The summed E-state index contributed by atoms with van der Waals surface area (Å²) in [5.74, 6) is -1.46. The molecule has 0 atom stereocenters. The summed E-state index contributed by atoms with van der Waals surface area (Å²) in [6.07, 6.45) is 4.95. The Bertz CT molecular complexity index is 1860. The highest BCUT2D eigenvalue weighted by molar-refractivity contribution is 6.02. The first-order valence-corrected chi connectivity index (χ1v) is 12.1. The number of H-pyrrole nitrogens is 1. The van der Waals surface area contributed by atoms with Crippen LogP contribution in [0.3, 0.4) is 0 Å². The SMILES string of the molecule is O=C(Nc1ccc(Oc2ccnc3[nH]c(-c4cccnc4)cc23)c(F)c1)c1cccc(-c2ccc(F)cc2)[n+]1O. The van der Waals surface area contributed by atoms with Crippen molar-refractivity contribution in [1.29, 1.82) is 0 Å². The van der Waals surface area contributed by atoms with Gasteiger partial charge in [-0.1, -0.05) is 0 Å². The van der Waals surface area contributed by atoms with Crippen LogP contribution >= 0.6 is 0 Å². The molecule has 0 unspecified atom stereocenters. The highest BCUT2D eigenvalue weighted by Crippen LogP contribution is 2.34. The second-order valence-corrected chi connectivity index (χ2v) is 8.81. The number of nitrogens with one attached hydrogen (secondary N) is 2. The van der Waals surface area contributed by atoms with Crippen molar-refractivity contribution in [3.63, 3.8) is 0 Å². The zero-order valence-electron chi connectivity index (χ0n) is 20.7. The van der Waals surface area contributed by atoms with E-state index >= 15 is 4.39 Å². The minimum atomic E-state index is -0.706. The number of fused-ring (bicyclic) bond motifs is 1. The molecule has 0 aliphatic heterocycles.